The molecule has 0 saturated carbocycles. The molecule has 1 fully saturated rings. The van der Waals surface area contributed by atoms with E-state index in [1.54, 1.807) is 17.8 Å². The summed E-state index contributed by atoms with van der Waals surface area (Å²) in [4.78, 5) is 4.45. The van der Waals surface area contributed by atoms with Crippen molar-refractivity contribution in [3.05, 3.63) is 18.0 Å². The van der Waals surface area contributed by atoms with Crippen LogP contribution in [0.15, 0.2) is 17.2 Å². The molecule has 3 heterocycles. The number of hydrogen-bond donors (Lipinski definition) is 1. The van der Waals surface area contributed by atoms with Gasteiger partial charge in [0.05, 0.1) is 5.69 Å². The minimum atomic E-state index is -3.54. The number of pyridine rings is 1. The Morgan fingerprint density at radius 3 is 2.90 bits per heavy atom. The van der Waals surface area contributed by atoms with Gasteiger partial charge < -0.3 is 5.73 Å². The minimum absolute atomic E-state index is 0.0923. The molecule has 1 unspecified atom stereocenters. The molecule has 0 amide bonds. The first kappa shape index (κ1) is 14.4. The van der Waals surface area contributed by atoms with Gasteiger partial charge in [-0.25, -0.2) is 13.4 Å². The van der Waals surface area contributed by atoms with E-state index in [1.165, 1.54) is 10.5 Å². The summed E-state index contributed by atoms with van der Waals surface area (Å²) in [5.74, 6) is 0. The zero-order valence-electron chi connectivity index (χ0n) is 12.2. The van der Waals surface area contributed by atoms with Crippen LogP contribution in [0.1, 0.15) is 18.5 Å². The van der Waals surface area contributed by atoms with E-state index in [4.69, 9.17) is 5.73 Å². The summed E-state index contributed by atoms with van der Waals surface area (Å²) < 4.78 is 28.5. The van der Waals surface area contributed by atoms with Gasteiger partial charge in [0.25, 0.3) is 0 Å². The molecule has 0 aliphatic carbocycles. The Morgan fingerprint density at radius 2 is 2.19 bits per heavy atom. The van der Waals surface area contributed by atoms with Crippen molar-refractivity contribution < 1.29 is 8.42 Å². The standard InChI is InChI=1S/C13H19N5O2S/c1-9-12-6-11(7-15-13(12)17(2)16-9)21(19,20)18-5-3-4-10(14)8-18/h6-7,10H,3-5,8,14H2,1-2H3. The van der Waals surface area contributed by atoms with Crippen LogP contribution in [-0.4, -0.2) is 46.6 Å². The Kier molecular flexibility index (Phi) is 3.46. The van der Waals surface area contributed by atoms with Crippen LogP contribution in [0, 0.1) is 6.92 Å². The van der Waals surface area contributed by atoms with E-state index < -0.39 is 10.0 Å². The van der Waals surface area contributed by atoms with Crippen LogP contribution in [0.2, 0.25) is 0 Å². The second-order valence-electron chi connectivity index (χ2n) is 5.52. The number of aryl methyl sites for hydroxylation is 2. The summed E-state index contributed by atoms with van der Waals surface area (Å²) in [7, 11) is -1.75. The highest BCUT2D eigenvalue weighted by atomic mass is 32.2. The topological polar surface area (TPSA) is 94.1 Å². The molecule has 8 heteroatoms. The average molecular weight is 309 g/mol. The van der Waals surface area contributed by atoms with Gasteiger partial charge in [-0.2, -0.15) is 9.40 Å². The summed E-state index contributed by atoms with van der Waals surface area (Å²) in [6, 6.07) is 1.56. The molecular formula is C13H19N5O2S. The third kappa shape index (κ3) is 2.43. The molecule has 1 aliphatic rings. The molecule has 1 atom stereocenters. The fourth-order valence-corrected chi connectivity index (χ4v) is 4.28. The highest BCUT2D eigenvalue weighted by Crippen LogP contribution is 2.23. The molecule has 2 aromatic heterocycles. The van der Waals surface area contributed by atoms with Gasteiger partial charge >= 0.3 is 0 Å². The van der Waals surface area contributed by atoms with Gasteiger partial charge in [-0.1, -0.05) is 0 Å². The third-order valence-corrected chi connectivity index (χ3v) is 5.73. The van der Waals surface area contributed by atoms with Crippen LogP contribution in [-0.2, 0) is 17.1 Å². The summed E-state index contributed by atoms with van der Waals surface area (Å²) in [6.07, 6.45) is 3.06. The van der Waals surface area contributed by atoms with Crippen molar-refractivity contribution in [2.45, 2.75) is 30.7 Å². The molecule has 114 valence electrons. The lowest BCUT2D eigenvalue weighted by atomic mass is 10.1. The predicted molar refractivity (Wildman–Crippen MR) is 79.2 cm³/mol. The van der Waals surface area contributed by atoms with Gasteiger partial charge in [0.1, 0.15) is 4.90 Å². The maximum absolute atomic E-state index is 12.7. The maximum Gasteiger partial charge on any atom is 0.244 e. The fraction of sp³-hybridized carbons (Fsp3) is 0.538. The molecule has 21 heavy (non-hydrogen) atoms. The van der Waals surface area contributed by atoms with E-state index in [1.807, 2.05) is 6.92 Å². The summed E-state index contributed by atoms with van der Waals surface area (Å²) >= 11 is 0. The van der Waals surface area contributed by atoms with E-state index in [2.05, 4.69) is 10.1 Å². The van der Waals surface area contributed by atoms with Crippen LogP contribution in [0.25, 0.3) is 11.0 Å². The Hall–Kier alpha value is -1.51. The van der Waals surface area contributed by atoms with E-state index in [-0.39, 0.29) is 10.9 Å². The molecule has 1 aliphatic heterocycles. The Morgan fingerprint density at radius 1 is 1.43 bits per heavy atom. The second kappa shape index (κ2) is 5.04. The summed E-state index contributed by atoms with van der Waals surface area (Å²) in [5.41, 5.74) is 7.34. The molecule has 3 rings (SSSR count). The predicted octanol–water partition coefficient (Wildman–Crippen LogP) is 0.389. The van der Waals surface area contributed by atoms with Gasteiger partial charge in [0, 0.05) is 37.8 Å². The number of sulfonamides is 1. The molecule has 1 saturated heterocycles. The number of aromatic nitrogens is 3. The lowest BCUT2D eigenvalue weighted by Crippen LogP contribution is -2.45. The van der Waals surface area contributed by atoms with Gasteiger partial charge in [0.15, 0.2) is 5.65 Å². The lowest BCUT2D eigenvalue weighted by Gasteiger charge is -2.29. The lowest BCUT2D eigenvalue weighted by molar-refractivity contribution is 0.316. The summed E-state index contributed by atoms with van der Waals surface area (Å²) in [5, 5.41) is 5.03. The Balaban J connectivity index is 2.04. The molecule has 0 radical (unpaired) electrons. The number of piperidine rings is 1. The van der Waals surface area contributed by atoms with Crippen LogP contribution >= 0.6 is 0 Å². The molecular weight excluding hydrogens is 290 g/mol. The van der Waals surface area contributed by atoms with E-state index in [0.717, 1.165) is 23.9 Å². The smallest absolute Gasteiger partial charge is 0.244 e. The van der Waals surface area contributed by atoms with Crippen LogP contribution in [0.3, 0.4) is 0 Å². The van der Waals surface area contributed by atoms with Crippen molar-refractivity contribution >= 4 is 21.1 Å². The average Bonchev–Trinajstić information content (AvgIpc) is 2.74. The van der Waals surface area contributed by atoms with Crippen LogP contribution in [0.5, 0.6) is 0 Å². The van der Waals surface area contributed by atoms with Crippen molar-refractivity contribution in [3.8, 4) is 0 Å². The van der Waals surface area contributed by atoms with Gasteiger partial charge in [-0.15, -0.1) is 0 Å². The number of hydrogen-bond acceptors (Lipinski definition) is 5. The molecule has 2 aromatic rings. The fourth-order valence-electron chi connectivity index (χ4n) is 2.77. The molecule has 0 spiro atoms. The van der Waals surface area contributed by atoms with Gasteiger partial charge in [-0.05, 0) is 25.8 Å². The van der Waals surface area contributed by atoms with Crippen LogP contribution in [0.4, 0.5) is 0 Å². The van der Waals surface area contributed by atoms with E-state index in [0.29, 0.717) is 18.7 Å². The van der Waals surface area contributed by atoms with Gasteiger partial charge in [0.2, 0.25) is 10.0 Å². The SMILES string of the molecule is Cc1nn(C)c2ncc(S(=O)(=O)N3CCCC(N)C3)cc12. The van der Waals surface area contributed by atoms with Gasteiger partial charge in [-0.3, -0.25) is 4.68 Å². The quantitative estimate of drug-likeness (QED) is 0.866. The summed E-state index contributed by atoms with van der Waals surface area (Å²) in [6.45, 7) is 2.73. The molecule has 0 bridgehead atoms. The molecule has 2 N–H and O–H groups in total. The Bertz CT molecular complexity index is 783. The van der Waals surface area contributed by atoms with Crippen molar-refractivity contribution in [2.75, 3.05) is 13.1 Å². The molecule has 0 aromatic carbocycles. The van der Waals surface area contributed by atoms with E-state index in [9.17, 15) is 8.42 Å². The van der Waals surface area contributed by atoms with Crippen molar-refractivity contribution in [1.29, 1.82) is 0 Å². The first-order valence-corrected chi connectivity index (χ1v) is 8.38. The zero-order chi connectivity index (χ0) is 15.2. The van der Waals surface area contributed by atoms with Crippen LogP contribution < -0.4 is 5.73 Å². The third-order valence-electron chi connectivity index (χ3n) is 3.90. The number of rotatable bonds is 2. The number of nitrogens with zero attached hydrogens (tertiary/aromatic N) is 4. The first-order valence-electron chi connectivity index (χ1n) is 6.94. The monoisotopic (exact) mass is 309 g/mol. The van der Waals surface area contributed by atoms with Crippen molar-refractivity contribution in [1.82, 2.24) is 19.1 Å². The molecule has 7 nitrogen and oxygen atoms in total. The van der Waals surface area contributed by atoms with E-state index >= 15 is 0 Å². The second-order valence-corrected chi connectivity index (χ2v) is 7.45. The van der Waals surface area contributed by atoms with Crippen molar-refractivity contribution in [2.24, 2.45) is 12.8 Å². The maximum atomic E-state index is 12.7. The largest absolute Gasteiger partial charge is 0.327 e. The first-order chi connectivity index (χ1) is 9.89. The highest BCUT2D eigenvalue weighted by molar-refractivity contribution is 7.89. The normalized spacial score (nSPS) is 21.0. The number of nitrogens with two attached hydrogens (primary N) is 1. The minimum Gasteiger partial charge on any atom is -0.327 e. The zero-order valence-corrected chi connectivity index (χ0v) is 13.0. The Labute approximate surface area is 123 Å². The van der Waals surface area contributed by atoms with Crippen molar-refractivity contribution in [3.63, 3.8) is 0 Å². The highest BCUT2D eigenvalue weighted by Gasteiger charge is 2.29. The number of fused-ring (bicyclic) bond motifs is 1.